The summed E-state index contributed by atoms with van der Waals surface area (Å²) in [7, 11) is 0.148. The van der Waals surface area contributed by atoms with E-state index < -0.39 is 19.2 Å². The van der Waals surface area contributed by atoms with Crippen LogP contribution in [0.15, 0.2) is 30.3 Å². The summed E-state index contributed by atoms with van der Waals surface area (Å²) in [5.41, 5.74) is -0.532. The van der Waals surface area contributed by atoms with Gasteiger partial charge in [0.2, 0.25) is 0 Å². The van der Waals surface area contributed by atoms with Crippen molar-refractivity contribution in [2.24, 2.45) is 0 Å². The van der Waals surface area contributed by atoms with Gasteiger partial charge in [-0.05, 0) is 5.56 Å². The first-order chi connectivity index (χ1) is 8.09. The molecule has 0 saturated heterocycles. The third-order valence-corrected chi connectivity index (χ3v) is 4.52. The number of carbonyl (C=O) groups excluding carboxylic acids is 1. The van der Waals surface area contributed by atoms with Crippen LogP contribution in [-0.2, 0) is 23.1 Å². The van der Waals surface area contributed by atoms with Crippen LogP contribution >= 0.6 is 7.60 Å². The van der Waals surface area contributed by atoms with Gasteiger partial charge in [-0.3, -0.25) is 9.36 Å². The lowest BCUT2D eigenvalue weighted by molar-refractivity contribution is -0.140. The van der Waals surface area contributed by atoms with Gasteiger partial charge in [-0.2, -0.15) is 0 Å². The van der Waals surface area contributed by atoms with Gasteiger partial charge < -0.3 is 13.8 Å². The van der Waals surface area contributed by atoms with Crippen LogP contribution in [0.4, 0.5) is 0 Å². The van der Waals surface area contributed by atoms with Crippen LogP contribution in [0.25, 0.3) is 0 Å². The van der Waals surface area contributed by atoms with Crippen molar-refractivity contribution in [3.8, 4) is 0 Å². The average molecular weight is 258 g/mol. The third kappa shape index (κ3) is 2.94. The van der Waals surface area contributed by atoms with Crippen molar-refractivity contribution in [2.75, 3.05) is 21.3 Å². The molecule has 17 heavy (non-hydrogen) atoms. The smallest absolute Gasteiger partial charge is 0.348 e. The highest BCUT2D eigenvalue weighted by atomic mass is 31.2. The highest BCUT2D eigenvalue weighted by molar-refractivity contribution is 7.55. The van der Waals surface area contributed by atoms with Crippen molar-refractivity contribution in [3.05, 3.63) is 35.9 Å². The van der Waals surface area contributed by atoms with Gasteiger partial charge >= 0.3 is 13.6 Å². The number of benzene rings is 1. The molecule has 1 unspecified atom stereocenters. The van der Waals surface area contributed by atoms with Crippen LogP contribution in [0.1, 0.15) is 11.2 Å². The van der Waals surface area contributed by atoms with Gasteiger partial charge in [-0.25, -0.2) is 0 Å². The summed E-state index contributed by atoms with van der Waals surface area (Å²) in [4.78, 5) is 11.7. The van der Waals surface area contributed by atoms with Crippen molar-refractivity contribution in [1.82, 2.24) is 0 Å². The van der Waals surface area contributed by atoms with Gasteiger partial charge in [0.25, 0.3) is 0 Å². The Morgan fingerprint density at radius 2 is 1.65 bits per heavy atom. The molecule has 1 atom stereocenters. The minimum absolute atomic E-state index is 0.534. The highest BCUT2D eigenvalue weighted by Crippen LogP contribution is 2.60. The summed E-state index contributed by atoms with van der Waals surface area (Å²) in [6.07, 6.45) is 0. The lowest BCUT2D eigenvalue weighted by atomic mass is 10.1. The first-order valence-electron chi connectivity index (χ1n) is 4.93. The molecule has 0 spiro atoms. The standard InChI is InChI=1S/C11H15O5P/c1-14-11(12)10(17(13,15-2)16-3)9-7-5-4-6-8-9/h4-8,10H,1-3H3. The number of carbonyl (C=O) groups is 1. The highest BCUT2D eigenvalue weighted by Gasteiger charge is 2.42. The Hall–Kier alpha value is -1.16. The zero-order chi connectivity index (χ0) is 12.9. The van der Waals surface area contributed by atoms with Crippen molar-refractivity contribution < 1.29 is 23.1 Å². The first-order valence-corrected chi connectivity index (χ1v) is 6.54. The summed E-state index contributed by atoms with van der Waals surface area (Å²) in [6, 6.07) is 8.61. The predicted octanol–water partition coefficient (Wildman–Crippen LogP) is 2.39. The summed E-state index contributed by atoms with van der Waals surface area (Å²) < 4.78 is 26.7. The molecule has 0 bridgehead atoms. The van der Waals surface area contributed by atoms with E-state index in [2.05, 4.69) is 4.74 Å². The van der Waals surface area contributed by atoms with E-state index in [1.807, 2.05) is 0 Å². The van der Waals surface area contributed by atoms with E-state index >= 15 is 0 Å². The average Bonchev–Trinajstić information content (AvgIpc) is 2.39. The molecule has 0 aliphatic rings. The van der Waals surface area contributed by atoms with Gasteiger partial charge in [-0.15, -0.1) is 0 Å². The van der Waals surface area contributed by atoms with E-state index in [9.17, 15) is 9.36 Å². The SMILES string of the molecule is COC(=O)C(c1ccccc1)P(=O)(OC)OC. The quantitative estimate of drug-likeness (QED) is 0.599. The maximum Gasteiger partial charge on any atom is 0.348 e. The Morgan fingerprint density at radius 1 is 1.12 bits per heavy atom. The minimum Gasteiger partial charge on any atom is -0.468 e. The minimum atomic E-state index is -3.56. The number of hydrogen-bond donors (Lipinski definition) is 0. The molecule has 0 fully saturated rings. The molecule has 1 rings (SSSR count). The van der Waals surface area contributed by atoms with Crippen LogP contribution in [0.2, 0.25) is 0 Å². The molecule has 0 heterocycles. The molecule has 0 aliphatic carbocycles. The number of ether oxygens (including phenoxy) is 1. The van der Waals surface area contributed by atoms with E-state index in [4.69, 9.17) is 9.05 Å². The second-order valence-electron chi connectivity index (χ2n) is 3.24. The van der Waals surface area contributed by atoms with E-state index in [0.717, 1.165) is 0 Å². The molecule has 0 radical (unpaired) electrons. The molecule has 94 valence electrons. The van der Waals surface area contributed by atoms with Crippen LogP contribution in [0.3, 0.4) is 0 Å². The zero-order valence-electron chi connectivity index (χ0n) is 9.95. The lowest BCUT2D eigenvalue weighted by Crippen LogP contribution is -2.16. The van der Waals surface area contributed by atoms with Gasteiger partial charge in [0, 0.05) is 14.2 Å². The molecule has 0 aliphatic heterocycles. The number of hydrogen-bond acceptors (Lipinski definition) is 5. The fraction of sp³-hybridized carbons (Fsp3) is 0.364. The maximum absolute atomic E-state index is 12.3. The van der Waals surface area contributed by atoms with Crippen LogP contribution in [-0.4, -0.2) is 27.3 Å². The Kier molecular flexibility index (Phi) is 4.87. The van der Waals surface area contributed by atoms with Gasteiger partial charge in [-0.1, -0.05) is 30.3 Å². The topological polar surface area (TPSA) is 61.8 Å². The lowest BCUT2D eigenvalue weighted by Gasteiger charge is -2.22. The van der Waals surface area contributed by atoms with E-state index in [0.29, 0.717) is 5.56 Å². The Labute approximate surface area is 100 Å². The van der Waals surface area contributed by atoms with Gasteiger partial charge in [0.1, 0.15) is 0 Å². The molecular weight excluding hydrogens is 243 g/mol. The van der Waals surface area contributed by atoms with Crippen molar-refractivity contribution in [2.45, 2.75) is 5.66 Å². The van der Waals surface area contributed by atoms with Crippen LogP contribution < -0.4 is 0 Å². The second kappa shape index (κ2) is 5.96. The molecular formula is C11H15O5P. The van der Waals surface area contributed by atoms with Gasteiger partial charge in [0.05, 0.1) is 7.11 Å². The monoisotopic (exact) mass is 258 g/mol. The molecule has 5 nitrogen and oxygen atoms in total. The summed E-state index contributed by atoms with van der Waals surface area (Å²) >= 11 is 0. The fourth-order valence-electron chi connectivity index (χ4n) is 1.48. The summed E-state index contributed by atoms with van der Waals surface area (Å²) in [6.45, 7) is 0. The zero-order valence-corrected chi connectivity index (χ0v) is 10.8. The third-order valence-electron chi connectivity index (χ3n) is 2.36. The van der Waals surface area contributed by atoms with Crippen molar-refractivity contribution >= 4 is 13.6 Å². The Morgan fingerprint density at radius 3 is 2.06 bits per heavy atom. The summed E-state index contributed by atoms with van der Waals surface area (Å²) in [5.74, 6) is -0.650. The van der Waals surface area contributed by atoms with E-state index in [1.165, 1.54) is 21.3 Å². The number of methoxy groups -OCH3 is 1. The van der Waals surface area contributed by atoms with E-state index in [1.54, 1.807) is 30.3 Å². The van der Waals surface area contributed by atoms with Crippen molar-refractivity contribution in [3.63, 3.8) is 0 Å². The molecule has 0 saturated carbocycles. The van der Waals surface area contributed by atoms with E-state index in [-0.39, 0.29) is 0 Å². The Bertz CT molecular complexity index is 409. The predicted molar refractivity (Wildman–Crippen MR) is 62.8 cm³/mol. The summed E-state index contributed by atoms with van der Waals surface area (Å²) in [5, 5.41) is 0. The molecule has 6 heteroatoms. The molecule has 1 aromatic carbocycles. The van der Waals surface area contributed by atoms with Crippen LogP contribution in [0.5, 0.6) is 0 Å². The normalized spacial score (nSPS) is 13.1. The molecule has 0 aromatic heterocycles. The van der Waals surface area contributed by atoms with Crippen molar-refractivity contribution in [1.29, 1.82) is 0 Å². The first kappa shape index (κ1) is 13.9. The largest absolute Gasteiger partial charge is 0.468 e. The fourth-order valence-corrected chi connectivity index (χ4v) is 2.95. The molecule has 1 aromatic rings. The Balaban J connectivity index is 3.23. The number of esters is 1. The van der Waals surface area contributed by atoms with Gasteiger partial charge in [0.15, 0.2) is 5.66 Å². The molecule has 0 amide bonds. The molecule has 0 N–H and O–H groups in total. The second-order valence-corrected chi connectivity index (χ2v) is 5.57. The number of rotatable bonds is 5. The van der Waals surface area contributed by atoms with Crippen LogP contribution in [0, 0.1) is 0 Å². The maximum atomic E-state index is 12.3.